The Labute approximate surface area is 66.7 Å². The highest BCUT2D eigenvalue weighted by Gasteiger charge is 1.93. The first-order valence-corrected chi connectivity index (χ1v) is 4.01. The molecule has 1 aliphatic heterocycles. The summed E-state index contributed by atoms with van der Waals surface area (Å²) < 4.78 is 0. The average molecular weight is 154 g/mol. The van der Waals surface area contributed by atoms with Crippen LogP contribution in [0, 0.1) is 0 Å². The van der Waals surface area contributed by atoms with Gasteiger partial charge in [-0.1, -0.05) is 18.2 Å². The Morgan fingerprint density at radius 1 is 1.64 bits per heavy atom. The van der Waals surface area contributed by atoms with Crippen molar-refractivity contribution in [2.24, 2.45) is 10.3 Å². The molecule has 1 rings (SSSR count). The normalized spacial score (nSPS) is 23.9. The third kappa shape index (κ3) is 3.13. The molecule has 0 atom stereocenters. The van der Waals surface area contributed by atoms with Crippen LogP contribution in [-0.2, 0) is 0 Å². The van der Waals surface area contributed by atoms with Crippen LogP contribution in [-0.4, -0.2) is 6.54 Å². The van der Waals surface area contributed by atoms with E-state index in [0.29, 0.717) is 0 Å². The Morgan fingerprint density at radius 3 is 3.36 bits per heavy atom. The zero-order valence-electron chi connectivity index (χ0n) is 6.80. The zero-order chi connectivity index (χ0) is 7.94. The summed E-state index contributed by atoms with van der Waals surface area (Å²) in [6, 6.07) is 0. The third-order valence-corrected chi connectivity index (χ3v) is 1.56. The van der Waals surface area contributed by atoms with E-state index in [4.69, 9.17) is 0 Å². The zero-order valence-corrected chi connectivity index (χ0v) is 6.80. The Balaban J connectivity index is 2.48. The number of hydrogen-bond acceptors (Lipinski definition) is 4. The molecule has 0 aliphatic carbocycles. The minimum Gasteiger partial charge on any atom is -0.224 e. The van der Waals surface area contributed by atoms with Crippen LogP contribution in [0.2, 0.25) is 0 Å². The number of nitrogens with zero attached hydrogens (tertiary/aromatic N) is 2. The van der Waals surface area contributed by atoms with E-state index in [-0.39, 0.29) is 0 Å². The van der Waals surface area contributed by atoms with Crippen LogP contribution in [0.5, 0.6) is 0 Å². The Hall–Kier alpha value is -0.900. The van der Waals surface area contributed by atoms with E-state index in [2.05, 4.69) is 34.3 Å². The van der Waals surface area contributed by atoms with Gasteiger partial charge in [-0.05, 0) is 19.3 Å². The summed E-state index contributed by atoms with van der Waals surface area (Å²) in [4.78, 5) is 0. The van der Waals surface area contributed by atoms with Crippen LogP contribution >= 0.6 is 0 Å². The van der Waals surface area contributed by atoms with E-state index in [1.807, 2.05) is 0 Å². The van der Waals surface area contributed by atoms with E-state index in [1.54, 1.807) is 0 Å². The van der Waals surface area contributed by atoms with Crippen LogP contribution in [0.25, 0.3) is 0 Å². The molecule has 0 spiro atoms. The van der Waals surface area contributed by atoms with Gasteiger partial charge in [0.25, 0.3) is 0 Å². The lowest BCUT2D eigenvalue weighted by Crippen LogP contribution is -2.26. The molecule has 0 saturated heterocycles. The predicted octanol–water partition coefficient (Wildman–Crippen LogP) is 1.54. The topological polar surface area (TPSA) is 48.8 Å². The quantitative estimate of drug-likeness (QED) is 0.601. The molecule has 2 N–H and O–H groups in total. The number of nitrogens with one attached hydrogen (secondary N) is 2. The van der Waals surface area contributed by atoms with Gasteiger partial charge in [-0.15, -0.1) is 5.11 Å². The van der Waals surface area contributed by atoms with Crippen LogP contribution < -0.4 is 11.0 Å². The number of hydrogen-bond donors (Lipinski definition) is 2. The van der Waals surface area contributed by atoms with Crippen LogP contribution in [0.3, 0.4) is 0 Å². The number of rotatable bonds is 1. The lowest BCUT2D eigenvalue weighted by molar-refractivity contribution is 0.526. The summed E-state index contributed by atoms with van der Waals surface area (Å²) >= 11 is 0. The van der Waals surface area contributed by atoms with Gasteiger partial charge in [-0.3, -0.25) is 0 Å². The summed E-state index contributed by atoms with van der Waals surface area (Å²) in [6.45, 7) is 3.02. The second-order valence-corrected chi connectivity index (χ2v) is 2.43. The maximum absolute atomic E-state index is 3.97. The molecule has 0 radical (unpaired) electrons. The SMILES string of the molecule is CC/C1=C\CCCNNN=N1. The van der Waals surface area contributed by atoms with Gasteiger partial charge < -0.3 is 0 Å². The second-order valence-electron chi connectivity index (χ2n) is 2.43. The monoisotopic (exact) mass is 154 g/mol. The number of hydrazine groups is 1. The fraction of sp³-hybridized carbons (Fsp3) is 0.714. The molecule has 0 bridgehead atoms. The highest BCUT2D eigenvalue weighted by Crippen LogP contribution is 2.05. The van der Waals surface area contributed by atoms with Gasteiger partial charge in [0.15, 0.2) is 0 Å². The minimum atomic E-state index is 0.937. The molecular formula is C7H14N4. The molecule has 0 aromatic carbocycles. The maximum Gasteiger partial charge on any atom is 0.0605 e. The summed E-state index contributed by atoms with van der Waals surface area (Å²) in [5, 5.41) is 7.71. The van der Waals surface area contributed by atoms with Crippen molar-refractivity contribution in [2.75, 3.05) is 6.54 Å². The molecule has 1 heterocycles. The highest BCUT2D eigenvalue weighted by molar-refractivity contribution is 4.97. The first kappa shape index (κ1) is 8.20. The van der Waals surface area contributed by atoms with Crippen molar-refractivity contribution >= 4 is 0 Å². The van der Waals surface area contributed by atoms with Crippen LogP contribution in [0.1, 0.15) is 26.2 Å². The largest absolute Gasteiger partial charge is 0.224 e. The van der Waals surface area contributed by atoms with Crippen molar-refractivity contribution < 1.29 is 0 Å². The molecule has 4 nitrogen and oxygen atoms in total. The van der Waals surface area contributed by atoms with Gasteiger partial charge >= 0.3 is 0 Å². The summed E-state index contributed by atoms with van der Waals surface area (Å²) in [5.41, 5.74) is 6.64. The van der Waals surface area contributed by atoms with Gasteiger partial charge in [0.2, 0.25) is 0 Å². The minimum absolute atomic E-state index is 0.937. The van der Waals surface area contributed by atoms with E-state index in [9.17, 15) is 0 Å². The summed E-state index contributed by atoms with van der Waals surface area (Å²) in [6.07, 6.45) is 5.29. The van der Waals surface area contributed by atoms with Crippen LogP contribution in [0.15, 0.2) is 22.1 Å². The van der Waals surface area contributed by atoms with E-state index >= 15 is 0 Å². The standard InChI is InChI=1S/C7H14N4/c1-2-7-5-3-4-6-8-10-11-9-7/h5H,2-4,6H2,1H3,(H,8,11)(H,9,10)/b7-5+. The van der Waals surface area contributed by atoms with Gasteiger partial charge in [0.1, 0.15) is 0 Å². The first-order chi connectivity index (χ1) is 5.43. The van der Waals surface area contributed by atoms with E-state index in [1.165, 1.54) is 0 Å². The van der Waals surface area contributed by atoms with Gasteiger partial charge in [-0.25, -0.2) is 11.0 Å². The predicted molar refractivity (Wildman–Crippen MR) is 43.6 cm³/mol. The maximum atomic E-state index is 3.97. The van der Waals surface area contributed by atoms with E-state index in [0.717, 1.165) is 31.5 Å². The van der Waals surface area contributed by atoms with Gasteiger partial charge in [-0.2, -0.15) is 0 Å². The molecule has 11 heavy (non-hydrogen) atoms. The van der Waals surface area contributed by atoms with Crippen LogP contribution in [0.4, 0.5) is 0 Å². The van der Waals surface area contributed by atoms with E-state index < -0.39 is 0 Å². The van der Waals surface area contributed by atoms with Gasteiger partial charge in [0, 0.05) is 6.54 Å². The fourth-order valence-electron chi connectivity index (χ4n) is 0.895. The lowest BCUT2D eigenvalue weighted by Gasteiger charge is -1.97. The Bertz CT molecular complexity index is 162. The number of allylic oxidation sites excluding steroid dienone is 2. The van der Waals surface area contributed by atoms with Crippen molar-refractivity contribution in [3.63, 3.8) is 0 Å². The first-order valence-electron chi connectivity index (χ1n) is 4.01. The molecule has 0 aromatic heterocycles. The van der Waals surface area contributed by atoms with Gasteiger partial charge in [0.05, 0.1) is 5.70 Å². The van der Waals surface area contributed by atoms with Crippen molar-refractivity contribution in [3.05, 3.63) is 11.8 Å². The average Bonchev–Trinajstić information content (AvgIpc) is 2.16. The Morgan fingerprint density at radius 2 is 2.55 bits per heavy atom. The fourth-order valence-corrected chi connectivity index (χ4v) is 0.895. The smallest absolute Gasteiger partial charge is 0.0605 e. The second kappa shape index (κ2) is 4.85. The molecular weight excluding hydrogens is 140 g/mol. The van der Waals surface area contributed by atoms with Crippen molar-refractivity contribution in [1.29, 1.82) is 0 Å². The third-order valence-electron chi connectivity index (χ3n) is 1.56. The molecule has 0 fully saturated rings. The highest BCUT2D eigenvalue weighted by atomic mass is 15.6. The lowest BCUT2D eigenvalue weighted by atomic mass is 10.2. The molecule has 0 saturated carbocycles. The van der Waals surface area contributed by atoms with Crippen molar-refractivity contribution in [3.8, 4) is 0 Å². The summed E-state index contributed by atoms with van der Waals surface area (Å²) in [7, 11) is 0. The molecule has 1 aliphatic rings. The molecule has 0 unspecified atom stereocenters. The summed E-state index contributed by atoms with van der Waals surface area (Å²) in [5.74, 6) is 0. The molecule has 0 aromatic rings. The molecule has 62 valence electrons. The molecule has 4 heteroatoms. The Kier molecular flexibility index (Phi) is 3.61. The van der Waals surface area contributed by atoms with Crippen molar-refractivity contribution in [2.45, 2.75) is 26.2 Å². The molecule has 0 amide bonds. The van der Waals surface area contributed by atoms with Crippen molar-refractivity contribution in [1.82, 2.24) is 11.0 Å².